The first-order valence-electron chi connectivity index (χ1n) is 8.85. The van der Waals surface area contributed by atoms with Gasteiger partial charge in [-0.05, 0) is 24.6 Å². The van der Waals surface area contributed by atoms with E-state index in [4.69, 9.17) is 19.7 Å². The highest BCUT2D eigenvalue weighted by Crippen LogP contribution is 2.30. The quantitative estimate of drug-likeness (QED) is 0.705. The van der Waals surface area contributed by atoms with E-state index in [1.54, 1.807) is 13.2 Å². The van der Waals surface area contributed by atoms with Gasteiger partial charge in [0.25, 0.3) is 5.91 Å². The minimum Gasteiger partial charge on any atom is -0.493 e. The van der Waals surface area contributed by atoms with Gasteiger partial charge in [0.2, 0.25) is 0 Å². The number of aryl methyl sites for hydroxylation is 1. The lowest BCUT2D eigenvalue weighted by Gasteiger charge is -2.17. The zero-order valence-electron chi connectivity index (χ0n) is 15.6. The van der Waals surface area contributed by atoms with E-state index in [2.05, 4.69) is 10.1 Å². The van der Waals surface area contributed by atoms with Crippen molar-refractivity contribution in [2.75, 3.05) is 26.8 Å². The first-order valence-corrected chi connectivity index (χ1v) is 8.85. The lowest BCUT2D eigenvalue weighted by atomic mass is 10.0. The SMILES string of the molecule is COc1cc(CN2CC(O)C(Cc3cc(C)no3)C2)ccc1OCC(N)=O. The Kier molecular flexibility index (Phi) is 5.98. The van der Waals surface area contributed by atoms with Crippen molar-refractivity contribution in [3.8, 4) is 11.5 Å². The fraction of sp³-hybridized carbons (Fsp3) is 0.474. The van der Waals surface area contributed by atoms with Crippen LogP contribution >= 0.6 is 0 Å². The Bertz CT molecular complexity index is 791. The Hall–Kier alpha value is -2.58. The minimum absolute atomic E-state index is 0.109. The van der Waals surface area contributed by atoms with E-state index in [1.165, 1.54) is 0 Å². The minimum atomic E-state index is -0.542. The van der Waals surface area contributed by atoms with Crippen LogP contribution in [0.15, 0.2) is 28.8 Å². The molecular weight excluding hydrogens is 350 g/mol. The third kappa shape index (κ3) is 4.99. The van der Waals surface area contributed by atoms with Crippen LogP contribution in [0, 0.1) is 12.8 Å². The Morgan fingerprint density at radius 2 is 2.19 bits per heavy atom. The van der Waals surface area contributed by atoms with Crippen LogP contribution in [0.1, 0.15) is 17.0 Å². The number of likely N-dealkylation sites (tertiary alicyclic amines) is 1. The maximum absolute atomic E-state index is 10.9. The van der Waals surface area contributed by atoms with E-state index in [0.717, 1.165) is 23.6 Å². The first-order chi connectivity index (χ1) is 12.9. The molecule has 2 heterocycles. The number of carbonyl (C=O) groups is 1. The predicted octanol–water partition coefficient (Wildman–Crippen LogP) is 0.891. The molecule has 8 heteroatoms. The summed E-state index contributed by atoms with van der Waals surface area (Å²) in [5.41, 5.74) is 6.98. The summed E-state index contributed by atoms with van der Waals surface area (Å²) in [6, 6.07) is 7.46. The second kappa shape index (κ2) is 8.41. The molecule has 1 amide bonds. The molecule has 1 aromatic heterocycles. The largest absolute Gasteiger partial charge is 0.493 e. The zero-order chi connectivity index (χ0) is 19.4. The molecule has 0 spiro atoms. The highest BCUT2D eigenvalue weighted by atomic mass is 16.5. The summed E-state index contributed by atoms with van der Waals surface area (Å²) >= 11 is 0. The Morgan fingerprint density at radius 3 is 2.85 bits per heavy atom. The molecule has 1 fully saturated rings. The number of primary amides is 1. The molecule has 0 aliphatic carbocycles. The van der Waals surface area contributed by atoms with Crippen LogP contribution in [-0.4, -0.2) is 54.0 Å². The van der Waals surface area contributed by atoms with Gasteiger partial charge in [-0.15, -0.1) is 0 Å². The van der Waals surface area contributed by atoms with Crippen LogP contribution in [0.3, 0.4) is 0 Å². The van der Waals surface area contributed by atoms with E-state index in [0.29, 0.717) is 31.0 Å². The molecule has 1 saturated heterocycles. The number of carbonyl (C=O) groups excluding carboxylic acids is 1. The molecule has 1 aliphatic heterocycles. The van der Waals surface area contributed by atoms with Gasteiger partial charge in [0, 0.05) is 38.0 Å². The van der Waals surface area contributed by atoms with Gasteiger partial charge in [0.15, 0.2) is 18.1 Å². The number of rotatable bonds is 8. The molecule has 0 radical (unpaired) electrons. The molecule has 2 unspecified atom stereocenters. The van der Waals surface area contributed by atoms with Crippen LogP contribution in [0.4, 0.5) is 0 Å². The van der Waals surface area contributed by atoms with Crippen LogP contribution in [0.25, 0.3) is 0 Å². The van der Waals surface area contributed by atoms with Gasteiger partial charge < -0.3 is 24.8 Å². The molecule has 2 aromatic rings. The molecule has 27 heavy (non-hydrogen) atoms. The number of aromatic nitrogens is 1. The number of aliphatic hydroxyl groups excluding tert-OH is 1. The number of hydrogen-bond acceptors (Lipinski definition) is 7. The van der Waals surface area contributed by atoms with Crippen molar-refractivity contribution in [2.24, 2.45) is 11.7 Å². The smallest absolute Gasteiger partial charge is 0.255 e. The number of aliphatic hydroxyl groups is 1. The molecule has 3 rings (SSSR count). The number of nitrogens with zero attached hydrogens (tertiary/aromatic N) is 2. The second-order valence-electron chi connectivity index (χ2n) is 6.90. The number of methoxy groups -OCH3 is 1. The van der Waals surface area contributed by atoms with Crippen molar-refractivity contribution < 1.29 is 23.9 Å². The highest BCUT2D eigenvalue weighted by Gasteiger charge is 2.32. The van der Waals surface area contributed by atoms with Crippen molar-refractivity contribution in [3.05, 3.63) is 41.3 Å². The summed E-state index contributed by atoms with van der Waals surface area (Å²) in [6.07, 6.45) is 0.261. The number of ether oxygens (including phenoxy) is 2. The summed E-state index contributed by atoms with van der Waals surface area (Å²) < 4.78 is 16.0. The second-order valence-corrected chi connectivity index (χ2v) is 6.90. The van der Waals surface area contributed by atoms with Crippen molar-refractivity contribution in [1.29, 1.82) is 0 Å². The lowest BCUT2D eigenvalue weighted by Crippen LogP contribution is -2.21. The van der Waals surface area contributed by atoms with E-state index in [9.17, 15) is 9.90 Å². The summed E-state index contributed by atoms with van der Waals surface area (Å²) in [5, 5.41) is 14.3. The van der Waals surface area contributed by atoms with Crippen LogP contribution in [-0.2, 0) is 17.8 Å². The van der Waals surface area contributed by atoms with E-state index >= 15 is 0 Å². The molecular formula is C19H25N3O5. The summed E-state index contributed by atoms with van der Waals surface area (Å²) in [7, 11) is 1.55. The van der Waals surface area contributed by atoms with Gasteiger partial charge in [-0.3, -0.25) is 9.69 Å². The number of benzene rings is 1. The topological polar surface area (TPSA) is 111 Å². The van der Waals surface area contributed by atoms with E-state index < -0.39 is 12.0 Å². The van der Waals surface area contributed by atoms with E-state index in [1.807, 2.05) is 25.1 Å². The van der Waals surface area contributed by atoms with Gasteiger partial charge in [-0.1, -0.05) is 11.2 Å². The standard InChI is InChI=1S/C19H25N3O5/c1-12-5-15(27-21-12)7-14-9-22(10-16(14)23)8-13-3-4-17(18(6-13)25-2)26-11-19(20)24/h3-6,14,16,23H,7-11H2,1-2H3,(H2,20,24). The van der Waals surface area contributed by atoms with Crippen molar-refractivity contribution in [2.45, 2.75) is 26.0 Å². The molecule has 1 aromatic carbocycles. The van der Waals surface area contributed by atoms with Crippen molar-refractivity contribution in [1.82, 2.24) is 10.1 Å². The first kappa shape index (κ1) is 19.2. The molecule has 8 nitrogen and oxygen atoms in total. The molecule has 1 aliphatic rings. The van der Waals surface area contributed by atoms with Crippen LogP contribution in [0.2, 0.25) is 0 Å². The van der Waals surface area contributed by atoms with Gasteiger partial charge in [-0.25, -0.2) is 0 Å². The Balaban J connectivity index is 1.60. The Labute approximate surface area is 157 Å². The van der Waals surface area contributed by atoms with Gasteiger partial charge in [-0.2, -0.15) is 0 Å². The fourth-order valence-electron chi connectivity index (χ4n) is 3.38. The zero-order valence-corrected chi connectivity index (χ0v) is 15.6. The maximum Gasteiger partial charge on any atom is 0.255 e. The summed E-state index contributed by atoms with van der Waals surface area (Å²) in [6.45, 7) is 3.73. The maximum atomic E-state index is 10.9. The monoisotopic (exact) mass is 375 g/mol. The highest BCUT2D eigenvalue weighted by molar-refractivity contribution is 5.75. The van der Waals surface area contributed by atoms with Crippen molar-refractivity contribution in [3.63, 3.8) is 0 Å². The number of hydrogen-bond donors (Lipinski definition) is 2. The van der Waals surface area contributed by atoms with Gasteiger partial charge >= 0.3 is 0 Å². The predicted molar refractivity (Wildman–Crippen MR) is 97.4 cm³/mol. The third-order valence-corrected chi connectivity index (χ3v) is 4.63. The van der Waals surface area contributed by atoms with Crippen LogP contribution in [0.5, 0.6) is 11.5 Å². The lowest BCUT2D eigenvalue weighted by molar-refractivity contribution is -0.119. The number of β-amino-alcohol motifs (C(OH)–C–C–N with tert-alkyl or cyclic N) is 1. The van der Waals surface area contributed by atoms with E-state index in [-0.39, 0.29) is 12.5 Å². The molecule has 146 valence electrons. The van der Waals surface area contributed by atoms with Crippen molar-refractivity contribution >= 4 is 5.91 Å². The summed E-state index contributed by atoms with van der Waals surface area (Å²) in [5.74, 6) is 1.39. The van der Waals surface area contributed by atoms with Crippen LogP contribution < -0.4 is 15.2 Å². The average Bonchev–Trinajstić information content (AvgIpc) is 3.19. The Morgan fingerprint density at radius 1 is 1.37 bits per heavy atom. The fourth-order valence-corrected chi connectivity index (χ4v) is 3.38. The summed E-state index contributed by atoms with van der Waals surface area (Å²) in [4.78, 5) is 13.1. The number of amides is 1. The third-order valence-electron chi connectivity index (χ3n) is 4.63. The molecule has 2 atom stereocenters. The molecule has 3 N–H and O–H groups in total. The average molecular weight is 375 g/mol. The molecule has 0 saturated carbocycles. The van der Waals surface area contributed by atoms with Gasteiger partial charge in [0.05, 0.1) is 18.9 Å². The number of nitrogens with two attached hydrogens (primary N) is 1. The normalized spacial score (nSPS) is 20.0. The molecule has 0 bridgehead atoms. The van der Waals surface area contributed by atoms with Gasteiger partial charge in [0.1, 0.15) is 5.76 Å².